The minimum Gasteiger partial charge on any atom is -0.472 e. The van der Waals surface area contributed by atoms with E-state index in [1.54, 1.807) is 67.0 Å². The summed E-state index contributed by atoms with van der Waals surface area (Å²) in [4.78, 5) is 30.8. The van der Waals surface area contributed by atoms with Gasteiger partial charge >= 0.3 is 0 Å². The van der Waals surface area contributed by atoms with Gasteiger partial charge in [0.15, 0.2) is 5.82 Å². The molecule has 0 spiro atoms. The maximum absolute atomic E-state index is 13.5. The molecule has 2 aliphatic rings. The fraction of sp³-hybridized carbons (Fsp3) is 0.304. The van der Waals surface area contributed by atoms with Gasteiger partial charge in [0.2, 0.25) is 5.88 Å². The topological polar surface area (TPSA) is 98.1 Å². The highest BCUT2D eigenvalue weighted by molar-refractivity contribution is 8.01. The van der Waals surface area contributed by atoms with Gasteiger partial charge in [0.1, 0.15) is 11.8 Å². The summed E-state index contributed by atoms with van der Waals surface area (Å²) in [6.45, 7) is 1.78. The Morgan fingerprint density at radius 1 is 1.11 bits per heavy atom. The second-order valence-corrected chi connectivity index (χ2v) is 11.2. The molecule has 0 atom stereocenters. The fourth-order valence-corrected chi connectivity index (χ4v) is 5.25. The smallest absolute Gasteiger partial charge is 0.274 e. The van der Waals surface area contributed by atoms with E-state index < -0.39 is 5.91 Å². The molecule has 0 bridgehead atoms. The number of pyridine rings is 1. The molecular weight excluding hydrogens is 529 g/mol. The number of aryl methyl sites for hydroxylation is 1. The Bertz CT molecular complexity index is 1290. The summed E-state index contributed by atoms with van der Waals surface area (Å²) in [5, 5.41) is 11.1. The van der Waals surface area contributed by atoms with Gasteiger partial charge in [0.05, 0.1) is 16.3 Å². The molecule has 8 nitrogen and oxygen atoms in total. The molecule has 2 saturated heterocycles. The molecule has 0 unspecified atom stereocenters. The van der Waals surface area contributed by atoms with E-state index in [1.807, 2.05) is 0 Å². The Labute approximate surface area is 220 Å². The van der Waals surface area contributed by atoms with Crippen LogP contribution < -0.4 is 15.4 Å². The highest BCUT2D eigenvalue weighted by Crippen LogP contribution is 2.30. The van der Waals surface area contributed by atoms with Crippen molar-refractivity contribution < 1.29 is 14.3 Å². The van der Waals surface area contributed by atoms with E-state index in [0.717, 1.165) is 23.0 Å². The minimum atomic E-state index is -0.490. The van der Waals surface area contributed by atoms with Gasteiger partial charge in [-0.2, -0.15) is 23.5 Å². The minimum absolute atomic E-state index is 0.0388. The summed E-state index contributed by atoms with van der Waals surface area (Å²) in [7, 11) is 0. The number of amides is 2. The van der Waals surface area contributed by atoms with Gasteiger partial charge in [-0.25, -0.2) is 9.67 Å². The van der Waals surface area contributed by atoms with Crippen LogP contribution in [0.5, 0.6) is 5.88 Å². The molecule has 2 aromatic heterocycles. The van der Waals surface area contributed by atoms with Crippen molar-refractivity contribution in [3.63, 3.8) is 0 Å². The number of hydrogen-bond acceptors (Lipinski definition) is 7. The fourth-order valence-electron chi connectivity index (χ4n) is 3.57. The average molecular weight is 550 g/mol. The maximum Gasteiger partial charge on any atom is 0.274 e. The molecule has 0 radical (unpaired) electrons. The standard InChI is InChI=1S/C23H21Cl2N5O3S2/c1-12-5-13(24)6-16(22(31)27-14-8-34-9-14)20(12)28-23(32)18-7-19(33-15-10-35-11-15)29-30(18)21-17(25)3-2-4-26-21/h2-7,14-15H,8-11H2,1H3,(H,27,31)(H,28,32). The Kier molecular flexibility index (Phi) is 7.15. The van der Waals surface area contributed by atoms with Crippen LogP contribution >= 0.6 is 46.7 Å². The lowest BCUT2D eigenvalue weighted by Gasteiger charge is -2.26. The largest absolute Gasteiger partial charge is 0.472 e. The van der Waals surface area contributed by atoms with Gasteiger partial charge in [-0.3, -0.25) is 9.59 Å². The first-order valence-corrected chi connectivity index (χ1v) is 13.9. The van der Waals surface area contributed by atoms with Crippen LogP contribution in [-0.2, 0) is 0 Å². The monoisotopic (exact) mass is 549 g/mol. The molecule has 2 aliphatic heterocycles. The van der Waals surface area contributed by atoms with Crippen molar-refractivity contribution in [2.75, 3.05) is 28.3 Å². The third kappa shape index (κ3) is 5.25. The van der Waals surface area contributed by atoms with Crippen LogP contribution in [0.15, 0.2) is 36.5 Å². The van der Waals surface area contributed by atoms with Crippen molar-refractivity contribution in [2.45, 2.75) is 19.1 Å². The van der Waals surface area contributed by atoms with Crippen molar-refractivity contribution in [3.8, 4) is 11.7 Å². The van der Waals surface area contributed by atoms with Crippen molar-refractivity contribution in [3.05, 3.63) is 63.4 Å². The Balaban J connectivity index is 1.48. The van der Waals surface area contributed by atoms with Crippen LogP contribution in [0.25, 0.3) is 5.82 Å². The van der Waals surface area contributed by atoms with Crippen LogP contribution in [0, 0.1) is 6.92 Å². The van der Waals surface area contributed by atoms with Gasteiger partial charge in [-0.1, -0.05) is 23.2 Å². The zero-order valence-corrected chi connectivity index (χ0v) is 21.7. The predicted molar refractivity (Wildman–Crippen MR) is 141 cm³/mol. The number of ether oxygens (including phenoxy) is 1. The number of thioether (sulfide) groups is 2. The molecule has 2 amide bonds. The number of hydrogen-bond donors (Lipinski definition) is 2. The van der Waals surface area contributed by atoms with Crippen molar-refractivity contribution in [1.82, 2.24) is 20.1 Å². The summed E-state index contributed by atoms with van der Waals surface area (Å²) in [5.74, 6) is 3.26. The number of aromatic nitrogens is 3. The lowest BCUT2D eigenvalue weighted by Crippen LogP contribution is -2.44. The van der Waals surface area contributed by atoms with Gasteiger partial charge in [0.25, 0.3) is 11.8 Å². The average Bonchev–Trinajstić information content (AvgIpc) is 3.19. The van der Waals surface area contributed by atoms with Crippen LogP contribution in [0.4, 0.5) is 5.69 Å². The number of anilines is 1. The number of nitrogens with one attached hydrogen (secondary N) is 2. The van der Waals surface area contributed by atoms with E-state index in [-0.39, 0.29) is 23.7 Å². The zero-order chi connectivity index (χ0) is 24.5. The summed E-state index contributed by atoms with van der Waals surface area (Å²) >= 11 is 16.1. The molecular formula is C23H21Cl2N5O3S2. The highest BCUT2D eigenvalue weighted by atomic mass is 35.5. The molecule has 12 heteroatoms. The molecule has 0 aliphatic carbocycles. The molecule has 182 valence electrons. The Morgan fingerprint density at radius 3 is 2.54 bits per heavy atom. The van der Waals surface area contributed by atoms with Crippen molar-refractivity contribution >= 4 is 64.2 Å². The number of benzene rings is 1. The molecule has 4 heterocycles. The van der Waals surface area contributed by atoms with Gasteiger partial charge in [-0.05, 0) is 36.8 Å². The van der Waals surface area contributed by atoms with Crippen LogP contribution in [0.2, 0.25) is 10.0 Å². The third-order valence-electron chi connectivity index (χ3n) is 5.51. The number of halogens is 2. The van der Waals surface area contributed by atoms with Crippen LogP contribution in [-0.4, -0.2) is 61.7 Å². The van der Waals surface area contributed by atoms with E-state index in [0.29, 0.717) is 38.6 Å². The van der Waals surface area contributed by atoms with E-state index in [2.05, 4.69) is 20.7 Å². The molecule has 2 N–H and O–H groups in total. The Morgan fingerprint density at radius 2 is 1.89 bits per heavy atom. The number of carbonyl (C=O) groups excluding carboxylic acids is 2. The van der Waals surface area contributed by atoms with Gasteiger partial charge in [0, 0.05) is 46.3 Å². The second kappa shape index (κ2) is 10.3. The highest BCUT2D eigenvalue weighted by Gasteiger charge is 2.27. The van der Waals surface area contributed by atoms with Gasteiger partial charge < -0.3 is 15.4 Å². The molecule has 35 heavy (non-hydrogen) atoms. The van der Waals surface area contributed by atoms with E-state index >= 15 is 0 Å². The first-order valence-electron chi connectivity index (χ1n) is 10.8. The molecule has 5 rings (SSSR count). The third-order valence-corrected chi connectivity index (χ3v) is 8.52. The van der Waals surface area contributed by atoms with Crippen molar-refractivity contribution in [1.29, 1.82) is 0 Å². The van der Waals surface area contributed by atoms with E-state index in [1.165, 1.54) is 4.68 Å². The summed E-state index contributed by atoms with van der Waals surface area (Å²) in [6, 6.07) is 8.28. The molecule has 0 saturated carbocycles. The van der Waals surface area contributed by atoms with Crippen LogP contribution in [0.1, 0.15) is 26.4 Å². The number of nitrogens with zero attached hydrogens (tertiary/aromatic N) is 3. The first-order chi connectivity index (χ1) is 16.9. The molecule has 1 aromatic carbocycles. The zero-order valence-electron chi connectivity index (χ0n) is 18.6. The SMILES string of the molecule is Cc1cc(Cl)cc(C(=O)NC2CSC2)c1NC(=O)c1cc(OC2CSC2)nn1-c1ncccc1Cl. The maximum atomic E-state index is 13.5. The normalized spacial score (nSPS) is 15.7. The van der Waals surface area contributed by atoms with Crippen LogP contribution in [0.3, 0.4) is 0 Å². The quantitative estimate of drug-likeness (QED) is 0.448. The molecule has 3 aromatic rings. The predicted octanol–water partition coefficient (Wildman–Crippen LogP) is 4.47. The van der Waals surface area contributed by atoms with E-state index in [9.17, 15) is 9.59 Å². The lowest BCUT2D eigenvalue weighted by atomic mass is 10.1. The van der Waals surface area contributed by atoms with E-state index in [4.69, 9.17) is 27.9 Å². The van der Waals surface area contributed by atoms with Gasteiger partial charge in [-0.15, -0.1) is 5.10 Å². The number of rotatable bonds is 7. The lowest BCUT2D eigenvalue weighted by molar-refractivity contribution is 0.0943. The summed E-state index contributed by atoms with van der Waals surface area (Å²) in [6.07, 6.45) is 1.61. The number of carbonyl (C=O) groups is 2. The second-order valence-electron chi connectivity index (χ2n) is 8.17. The summed E-state index contributed by atoms with van der Waals surface area (Å²) in [5.41, 5.74) is 1.50. The van der Waals surface area contributed by atoms with Crippen molar-refractivity contribution in [2.24, 2.45) is 0 Å². The summed E-state index contributed by atoms with van der Waals surface area (Å²) < 4.78 is 7.27. The Hall–Kier alpha value is -2.40. The molecule has 2 fully saturated rings. The first kappa shape index (κ1) is 24.3.